The summed E-state index contributed by atoms with van der Waals surface area (Å²) < 4.78 is 0. The van der Waals surface area contributed by atoms with Crippen LogP contribution in [0.5, 0.6) is 0 Å². The predicted molar refractivity (Wildman–Crippen MR) is 163 cm³/mol. The van der Waals surface area contributed by atoms with Crippen molar-refractivity contribution in [3.63, 3.8) is 0 Å². The lowest BCUT2D eigenvalue weighted by atomic mass is 9.94. The number of hydrogen-bond donors (Lipinski definition) is 2. The van der Waals surface area contributed by atoms with Gasteiger partial charge in [-0.15, -0.1) is 0 Å². The third-order valence-corrected chi connectivity index (χ3v) is 8.20. The van der Waals surface area contributed by atoms with Crippen LogP contribution in [0.1, 0.15) is 200 Å². The number of unbranched alkanes of at least 4 members (excludes halogenated alkanes) is 25. The van der Waals surface area contributed by atoms with Crippen molar-refractivity contribution in [1.82, 2.24) is 0 Å². The molecule has 0 heterocycles. The Morgan fingerprint density at radius 2 is 0.684 bits per heavy atom. The fraction of sp³-hybridized carbons (Fsp3) is 0.941. The van der Waals surface area contributed by atoms with Gasteiger partial charge in [0.05, 0.1) is 5.92 Å². The third kappa shape index (κ3) is 29.5. The standard InChI is InChI=1S/C34H66O4/c1-2-3-4-5-6-7-8-14-17-20-23-26-29-32(34(37)38)30-27-24-21-18-15-12-10-9-11-13-16-19-22-25-28-31-33(35)36/h32H,2-31H2,1H3,(H,35,36)(H,37,38). The number of hydrogen-bond acceptors (Lipinski definition) is 2. The molecule has 1 unspecified atom stereocenters. The minimum Gasteiger partial charge on any atom is -0.481 e. The first-order valence-corrected chi connectivity index (χ1v) is 17.0. The molecule has 0 fully saturated rings. The van der Waals surface area contributed by atoms with Crippen LogP contribution in [0.3, 0.4) is 0 Å². The van der Waals surface area contributed by atoms with E-state index in [4.69, 9.17) is 5.11 Å². The zero-order valence-corrected chi connectivity index (χ0v) is 25.5. The topological polar surface area (TPSA) is 74.6 Å². The molecule has 0 aliphatic heterocycles. The summed E-state index contributed by atoms with van der Waals surface area (Å²) in [6, 6.07) is 0. The lowest BCUT2D eigenvalue weighted by Gasteiger charge is -2.12. The van der Waals surface area contributed by atoms with Crippen LogP contribution in [0.4, 0.5) is 0 Å². The van der Waals surface area contributed by atoms with Crippen molar-refractivity contribution in [3.05, 3.63) is 0 Å². The molecule has 1 atom stereocenters. The van der Waals surface area contributed by atoms with Crippen LogP contribution in [0.15, 0.2) is 0 Å². The lowest BCUT2D eigenvalue weighted by Crippen LogP contribution is -2.13. The summed E-state index contributed by atoms with van der Waals surface area (Å²) in [5.41, 5.74) is 0. The maximum Gasteiger partial charge on any atom is 0.306 e. The molecule has 0 aromatic rings. The van der Waals surface area contributed by atoms with E-state index in [-0.39, 0.29) is 5.92 Å². The number of carboxylic acids is 2. The van der Waals surface area contributed by atoms with Gasteiger partial charge in [-0.2, -0.15) is 0 Å². The Morgan fingerprint density at radius 1 is 0.421 bits per heavy atom. The second kappa shape index (κ2) is 30.5. The van der Waals surface area contributed by atoms with E-state index in [1.807, 2.05) is 0 Å². The number of carbonyl (C=O) groups is 2. The highest BCUT2D eigenvalue weighted by molar-refractivity contribution is 5.69. The molecule has 226 valence electrons. The van der Waals surface area contributed by atoms with Crippen LogP contribution in [-0.2, 0) is 9.59 Å². The Morgan fingerprint density at radius 3 is 0.947 bits per heavy atom. The molecule has 0 aromatic heterocycles. The summed E-state index contributed by atoms with van der Waals surface area (Å²) in [7, 11) is 0. The SMILES string of the molecule is CCCCCCCCCCCCCCC(CCCCCCCCCCCCCCCCCC(=O)O)C(=O)O. The summed E-state index contributed by atoms with van der Waals surface area (Å²) in [5, 5.41) is 18.2. The van der Waals surface area contributed by atoms with Crippen LogP contribution in [0.2, 0.25) is 0 Å². The summed E-state index contributed by atoms with van der Waals surface area (Å²) >= 11 is 0. The highest BCUT2D eigenvalue weighted by Crippen LogP contribution is 2.20. The van der Waals surface area contributed by atoms with Gasteiger partial charge in [-0.1, -0.05) is 174 Å². The van der Waals surface area contributed by atoms with E-state index in [2.05, 4.69) is 6.92 Å². The molecule has 0 aliphatic rings. The molecule has 0 bridgehead atoms. The van der Waals surface area contributed by atoms with Crippen LogP contribution in [0, 0.1) is 5.92 Å². The van der Waals surface area contributed by atoms with Crippen LogP contribution in [-0.4, -0.2) is 22.2 Å². The quantitative estimate of drug-likeness (QED) is 0.0835. The first-order chi connectivity index (χ1) is 18.6. The molecule has 2 N–H and O–H groups in total. The number of rotatable bonds is 32. The molecular weight excluding hydrogens is 472 g/mol. The van der Waals surface area contributed by atoms with Crippen LogP contribution in [0.25, 0.3) is 0 Å². The Balaban J connectivity index is 3.38. The highest BCUT2D eigenvalue weighted by Gasteiger charge is 2.16. The molecule has 4 heteroatoms. The van der Waals surface area contributed by atoms with Crippen molar-refractivity contribution in [2.45, 2.75) is 200 Å². The zero-order valence-electron chi connectivity index (χ0n) is 25.5. The maximum absolute atomic E-state index is 11.6. The molecule has 0 saturated carbocycles. The first-order valence-electron chi connectivity index (χ1n) is 17.0. The lowest BCUT2D eigenvalue weighted by molar-refractivity contribution is -0.142. The third-order valence-electron chi connectivity index (χ3n) is 8.20. The molecule has 0 saturated heterocycles. The molecule has 0 amide bonds. The van der Waals surface area contributed by atoms with Gasteiger partial charge in [0, 0.05) is 6.42 Å². The molecule has 0 rings (SSSR count). The number of aliphatic carboxylic acids is 2. The largest absolute Gasteiger partial charge is 0.481 e. The van der Waals surface area contributed by atoms with Gasteiger partial charge in [0.15, 0.2) is 0 Å². The van der Waals surface area contributed by atoms with E-state index in [1.165, 1.54) is 148 Å². The summed E-state index contributed by atoms with van der Waals surface area (Å²) in [5.74, 6) is -1.37. The molecule has 0 aromatic carbocycles. The monoisotopic (exact) mass is 538 g/mol. The summed E-state index contributed by atoms with van der Waals surface area (Å²) in [6.45, 7) is 2.27. The average Bonchev–Trinajstić information content (AvgIpc) is 2.89. The molecule has 0 aliphatic carbocycles. The van der Waals surface area contributed by atoms with E-state index in [0.717, 1.165) is 38.5 Å². The van der Waals surface area contributed by atoms with Gasteiger partial charge in [-0.25, -0.2) is 0 Å². The molecule has 0 radical (unpaired) electrons. The van der Waals surface area contributed by atoms with E-state index in [1.54, 1.807) is 0 Å². The predicted octanol–water partition coefficient (Wildman–Crippen LogP) is 11.5. The van der Waals surface area contributed by atoms with Gasteiger partial charge in [-0.3, -0.25) is 9.59 Å². The van der Waals surface area contributed by atoms with Crippen molar-refractivity contribution in [1.29, 1.82) is 0 Å². The average molecular weight is 539 g/mol. The zero-order chi connectivity index (χ0) is 27.9. The minimum atomic E-state index is -0.669. The van der Waals surface area contributed by atoms with Gasteiger partial charge >= 0.3 is 11.9 Å². The van der Waals surface area contributed by atoms with Crippen molar-refractivity contribution < 1.29 is 19.8 Å². The van der Waals surface area contributed by atoms with Crippen molar-refractivity contribution in [2.75, 3.05) is 0 Å². The van der Waals surface area contributed by atoms with Gasteiger partial charge in [0.1, 0.15) is 0 Å². The fourth-order valence-corrected chi connectivity index (χ4v) is 5.59. The summed E-state index contributed by atoms with van der Waals surface area (Å²) in [4.78, 5) is 22.1. The second-order valence-corrected chi connectivity index (χ2v) is 11.9. The van der Waals surface area contributed by atoms with Gasteiger partial charge in [0.2, 0.25) is 0 Å². The molecule has 0 spiro atoms. The Kier molecular flexibility index (Phi) is 29.6. The van der Waals surface area contributed by atoms with E-state index in [0.29, 0.717) is 6.42 Å². The van der Waals surface area contributed by atoms with Crippen molar-refractivity contribution in [2.24, 2.45) is 5.92 Å². The maximum atomic E-state index is 11.6. The van der Waals surface area contributed by atoms with Gasteiger partial charge < -0.3 is 10.2 Å². The highest BCUT2D eigenvalue weighted by atomic mass is 16.4. The fourth-order valence-electron chi connectivity index (χ4n) is 5.59. The first kappa shape index (κ1) is 36.9. The normalized spacial score (nSPS) is 12.1. The van der Waals surface area contributed by atoms with E-state index >= 15 is 0 Å². The van der Waals surface area contributed by atoms with E-state index < -0.39 is 11.9 Å². The minimum absolute atomic E-state index is 0.122. The second-order valence-electron chi connectivity index (χ2n) is 11.9. The van der Waals surface area contributed by atoms with Gasteiger partial charge in [-0.05, 0) is 19.3 Å². The Bertz CT molecular complexity index is 505. The molecule has 38 heavy (non-hydrogen) atoms. The van der Waals surface area contributed by atoms with Crippen LogP contribution < -0.4 is 0 Å². The molecular formula is C34H66O4. The van der Waals surface area contributed by atoms with E-state index in [9.17, 15) is 14.7 Å². The smallest absolute Gasteiger partial charge is 0.306 e. The van der Waals surface area contributed by atoms with Crippen molar-refractivity contribution >= 4 is 11.9 Å². The van der Waals surface area contributed by atoms with Gasteiger partial charge in [0.25, 0.3) is 0 Å². The summed E-state index contributed by atoms with van der Waals surface area (Å²) in [6.07, 6.45) is 36.5. The Labute approximate surface area is 237 Å². The van der Waals surface area contributed by atoms with Crippen LogP contribution >= 0.6 is 0 Å². The molecule has 4 nitrogen and oxygen atoms in total. The Hall–Kier alpha value is -1.06. The number of carboxylic acid groups (broad SMARTS) is 2. The van der Waals surface area contributed by atoms with Crippen molar-refractivity contribution in [3.8, 4) is 0 Å².